The molecular formula is C21H36B4N2O4S2. The third-order valence-electron chi connectivity index (χ3n) is 5.75. The molecule has 0 bridgehead atoms. The molecule has 4 atom stereocenters. The van der Waals surface area contributed by atoms with Gasteiger partial charge in [-0.2, -0.15) is 23.5 Å². The Balaban J connectivity index is 2.60. The Kier molecular flexibility index (Phi) is 13.3. The monoisotopic (exact) mass is 488 g/mol. The molecule has 1 amide bonds. The maximum absolute atomic E-state index is 13.0. The molecule has 0 aromatic rings. The second-order valence-electron chi connectivity index (χ2n) is 9.77. The highest BCUT2D eigenvalue weighted by Crippen LogP contribution is 2.40. The van der Waals surface area contributed by atoms with Crippen LogP contribution in [-0.4, -0.2) is 93.4 Å². The normalized spacial score (nSPS) is 20.3. The predicted octanol–water partition coefficient (Wildman–Crippen LogP) is 1.05. The van der Waals surface area contributed by atoms with E-state index in [2.05, 4.69) is 12.2 Å². The Hall–Kier alpha value is -0.310. The zero-order valence-corrected chi connectivity index (χ0v) is 22.2. The van der Waals surface area contributed by atoms with Gasteiger partial charge in [-0.1, -0.05) is 13.3 Å². The third-order valence-corrected chi connectivity index (χ3v) is 8.98. The minimum atomic E-state index is -0.791. The first-order chi connectivity index (χ1) is 15.4. The second-order valence-corrected chi connectivity index (χ2v) is 12.3. The molecule has 33 heavy (non-hydrogen) atoms. The van der Waals surface area contributed by atoms with Crippen LogP contribution in [0.4, 0.5) is 0 Å². The smallest absolute Gasteiger partial charge is 0.228 e. The molecule has 3 N–H and O–H groups in total. The quantitative estimate of drug-likeness (QED) is 0.296. The van der Waals surface area contributed by atoms with Crippen molar-refractivity contribution in [2.24, 2.45) is 11.1 Å². The molecule has 0 aromatic heterocycles. The average Bonchev–Trinajstić information content (AvgIpc) is 2.75. The van der Waals surface area contributed by atoms with E-state index in [1.54, 1.807) is 23.5 Å². The molecule has 0 heterocycles. The summed E-state index contributed by atoms with van der Waals surface area (Å²) in [5, 5.41) is 3.56. The molecule has 4 unspecified atom stereocenters. The van der Waals surface area contributed by atoms with Gasteiger partial charge in [0.2, 0.25) is 5.91 Å². The summed E-state index contributed by atoms with van der Waals surface area (Å²) in [6.45, 7) is 10.0. The lowest BCUT2D eigenvalue weighted by Gasteiger charge is -2.37. The van der Waals surface area contributed by atoms with Gasteiger partial charge < -0.3 is 25.4 Å². The Morgan fingerprint density at radius 1 is 1.06 bits per heavy atom. The van der Waals surface area contributed by atoms with E-state index < -0.39 is 17.5 Å². The number of hydrogen-bond donors (Lipinski definition) is 2. The summed E-state index contributed by atoms with van der Waals surface area (Å²) < 4.78 is 6.00. The van der Waals surface area contributed by atoms with Gasteiger partial charge in [0.15, 0.2) is 0 Å². The van der Waals surface area contributed by atoms with Crippen LogP contribution in [0.2, 0.25) is 0 Å². The van der Waals surface area contributed by atoms with Crippen molar-refractivity contribution in [2.45, 2.75) is 88.5 Å². The van der Waals surface area contributed by atoms with Crippen LogP contribution in [0.1, 0.15) is 60.3 Å². The number of nitrogens with two attached hydrogens (primary N) is 1. The molecule has 0 spiro atoms. The Morgan fingerprint density at radius 2 is 1.61 bits per heavy atom. The number of thioether (sulfide) groups is 2. The standard InChI is InChI=1S/C21H36B4N2O4S2/c1-6-9-21(4,5)31-12-20(2,3)19(30)27-14(18(29)25-23)11-33-16-8-7-15(16)32-10-13(26)17(28)24-22/h13-16H,6-12,26H2,1-5H3,(H,27,30). The first kappa shape index (κ1) is 30.7. The highest BCUT2D eigenvalue weighted by molar-refractivity contribution is 8.04. The first-order valence-electron chi connectivity index (χ1n) is 11.5. The van der Waals surface area contributed by atoms with E-state index in [-0.39, 0.29) is 29.5 Å². The van der Waals surface area contributed by atoms with Crippen LogP contribution in [0.5, 0.6) is 0 Å². The van der Waals surface area contributed by atoms with Crippen LogP contribution in [0.25, 0.3) is 0 Å². The van der Waals surface area contributed by atoms with Crippen molar-refractivity contribution in [1.29, 1.82) is 0 Å². The van der Waals surface area contributed by atoms with Gasteiger partial charge in [0.25, 0.3) is 0 Å². The van der Waals surface area contributed by atoms with Gasteiger partial charge in [-0.25, -0.2) is 0 Å². The van der Waals surface area contributed by atoms with E-state index in [0.717, 1.165) is 40.0 Å². The van der Waals surface area contributed by atoms with Crippen LogP contribution in [0.3, 0.4) is 0 Å². The van der Waals surface area contributed by atoms with Crippen molar-refractivity contribution in [3.8, 4) is 0 Å². The summed E-state index contributed by atoms with van der Waals surface area (Å²) in [5.41, 5.74) is 4.16. The SMILES string of the molecule is [B][B]C(=O)C(N)CSC1CCC1SCC(NC(=O)C(C)(C)COC(C)(C)CCC)C(=O)[B][B]. The highest BCUT2D eigenvalue weighted by atomic mass is 32.2. The summed E-state index contributed by atoms with van der Waals surface area (Å²) in [6.07, 6.45) is 3.94. The number of ether oxygens (including phenoxy) is 1. The lowest BCUT2D eigenvalue weighted by Crippen LogP contribution is -2.51. The van der Waals surface area contributed by atoms with Gasteiger partial charge in [0, 0.05) is 37.5 Å². The van der Waals surface area contributed by atoms with Crippen molar-refractivity contribution < 1.29 is 19.1 Å². The fourth-order valence-corrected chi connectivity index (χ4v) is 6.34. The largest absolute Gasteiger partial charge is 0.374 e. The van der Waals surface area contributed by atoms with E-state index >= 15 is 0 Å². The predicted molar refractivity (Wildman–Crippen MR) is 143 cm³/mol. The van der Waals surface area contributed by atoms with Gasteiger partial charge in [0.05, 0.1) is 41.1 Å². The van der Waals surface area contributed by atoms with Crippen molar-refractivity contribution in [2.75, 3.05) is 18.1 Å². The third kappa shape index (κ3) is 10.5. The molecular weight excluding hydrogens is 452 g/mol. The molecule has 6 nitrogen and oxygen atoms in total. The van der Waals surface area contributed by atoms with E-state index in [1.165, 1.54) is 0 Å². The van der Waals surface area contributed by atoms with Gasteiger partial charge >= 0.3 is 0 Å². The lowest BCUT2D eigenvalue weighted by atomic mass is 9.51. The lowest BCUT2D eigenvalue weighted by molar-refractivity contribution is -0.138. The average molecular weight is 488 g/mol. The minimum absolute atomic E-state index is 0.238. The molecule has 0 aromatic carbocycles. The van der Waals surface area contributed by atoms with Crippen LogP contribution in [0.15, 0.2) is 0 Å². The maximum atomic E-state index is 13.0. The Labute approximate surface area is 212 Å². The molecule has 6 radical (unpaired) electrons. The Bertz CT molecular complexity index is 670. The van der Waals surface area contributed by atoms with Crippen LogP contribution >= 0.6 is 23.5 Å². The molecule has 0 aliphatic heterocycles. The van der Waals surface area contributed by atoms with Crippen LogP contribution < -0.4 is 11.1 Å². The van der Waals surface area contributed by atoms with Gasteiger partial charge in [-0.3, -0.25) is 4.79 Å². The van der Waals surface area contributed by atoms with Gasteiger partial charge in [-0.15, -0.1) is 0 Å². The summed E-state index contributed by atoms with van der Waals surface area (Å²) in [6, 6.07) is -1.30. The van der Waals surface area contributed by atoms with Gasteiger partial charge in [-0.05, 0) is 47.0 Å². The minimum Gasteiger partial charge on any atom is -0.374 e. The second kappa shape index (κ2) is 14.3. The molecule has 1 rings (SSSR count). The number of amides is 1. The summed E-state index contributed by atoms with van der Waals surface area (Å²) in [4.78, 5) is 36.9. The zero-order valence-electron chi connectivity index (χ0n) is 20.6. The fourth-order valence-electron chi connectivity index (χ4n) is 3.25. The molecule has 0 saturated heterocycles. The number of carbonyl (C=O) groups excluding carboxylic acids is 3. The molecule has 1 saturated carbocycles. The van der Waals surface area contributed by atoms with Crippen LogP contribution in [0, 0.1) is 5.41 Å². The van der Waals surface area contributed by atoms with Crippen molar-refractivity contribution in [3.05, 3.63) is 0 Å². The van der Waals surface area contributed by atoms with Crippen LogP contribution in [-0.2, 0) is 19.1 Å². The summed E-state index contributed by atoms with van der Waals surface area (Å²) in [7, 11) is 12.8. The molecule has 1 aliphatic carbocycles. The van der Waals surface area contributed by atoms with Crippen molar-refractivity contribution >= 4 is 70.6 Å². The number of carbonyl (C=O) groups is 3. The number of nitrogens with one attached hydrogen (secondary N) is 1. The van der Waals surface area contributed by atoms with Crippen molar-refractivity contribution in [1.82, 2.24) is 5.32 Å². The van der Waals surface area contributed by atoms with Crippen molar-refractivity contribution in [3.63, 3.8) is 0 Å². The summed E-state index contributed by atoms with van der Waals surface area (Å²) in [5.74, 6) is 0.699. The van der Waals surface area contributed by atoms with E-state index in [9.17, 15) is 14.4 Å². The van der Waals surface area contributed by atoms with E-state index in [1.807, 2.05) is 27.7 Å². The fraction of sp³-hybridized carbons (Fsp3) is 0.857. The Morgan fingerprint density at radius 3 is 2.09 bits per heavy atom. The molecule has 1 fully saturated rings. The van der Waals surface area contributed by atoms with E-state index in [4.69, 9.17) is 25.9 Å². The molecule has 178 valence electrons. The first-order valence-corrected chi connectivity index (χ1v) is 13.6. The highest BCUT2D eigenvalue weighted by Gasteiger charge is 2.36. The summed E-state index contributed by atoms with van der Waals surface area (Å²) >= 11 is 3.30. The van der Waals surface area contributed by atoms with E-state index in [0.29, 0.717) is 22.0 Å². The zero-order chi connectivity index (χ0) is 25.2. The molecule has 1 aliphatic rings. The number of hydrogen-bond acceptors (Lipinski definition) is 7. The topological polar surface area (TPSA) is 98.5 Å². The van der Waals surface area contributed by atoms with Gasteiger partial charge in [0.1, 0.15) is 14.3 Å². The number of rotatable bonds is 17. The molecule has 12 heteroatoms. The maximum Gasteiger partial charge on any atom is 0.228 e.